The lowest BCUT2D eigenvalue weighted by atomic mass is 9.97. The van der Waals surface area contributed by atoms with E-state index in [1.54, 1.807) is 0 Å². The van der Waals surface area contributed by atoms with Crippen LogP contribution in [0.4, 0.5) is 4.39 Å². The smallest absolute Gasteiger partial charge is 0.239 e. The molecule has 0 radical (unpaired) electrons. The topological polar surface area (TPSA) is 8.81 Å². The van der Waals surface area contributed by atoms with Crippen LogP contribution in [0.5, 0.6) is 0 Å². The number of fused-ring (bicyclic) bond motifs is 4. The van der Waals surface area contributed by atoms with E-state index in [-0.39, 0.29) is 5.82 Å². The Morgan fingerprint density at radius 2 is 1.36 bits per heavy atom. The number of aryl methyl sites for hydroxylation is 2. The number of hydrogen-bond acceptors (Lipinski definition) is 0. The second-order valence-electron chi connectivity index (χ2n) is 10.7. The van der Waals surface area contributed by atoms with Gasteiger partial charge in [-0.05, 0) is 71.8 Å². The molecule has 36 heavy (non-hydrogen) atoms. The van der Waals surface area contributed by atoms with E-state index >= 15 is 0 Å². The molecule has 0 aliphatic carbocycles. The van der Waals surface area contributed by atoms with E-state index in [0.29, 0.717) is 0 Å². The zero-order valence-electron chi connectivity index (χ0n) is 21.4. The molecule has 2 aromatic heterocycles. The van der Waals surface area contributed by atoms with Crippen LogP contribution in [0.2, 0.25) is 19.6 Å². The molecule has 0 spiro atoms. The van der Waals surface area contributed by atoms with Gasteiger partial charge in [0.1, 0.15) is 18.4 Å². The van der Waals surface area contributed by atoms with Crippen LogP contribution in [0, 0.1) is 12.7 Å². The lowest BCUT2D eigenvalue weighted by Gasteiger charge is -2.22. The number of benzene rings is 4. The van der Waals surface area contributed by atoms with Gasteiger partial charge in [0.05, 0.1) is 19.0 Å². The number of rotatable bonds is 3. The minimum absolute atomic E-state index is 0.225. The molecule has 0 saturated carbocycles. The summed E-state index contributed by atoms with van der Waals surface area (Å²) in [7, 11) is 0.580. The van der Waals surface area contributed by atoms with Crippen LogP contribution < -0.4 is 9.75 Å². The van der Waals surface area contributed by atoms with Gasteiger partial charge in [-0.25, -0.2) is 4.39 Å². The van der Waals surface area contributed by atoms with E-state index in [4.69, 9.17) is 0 Å². The van der Waals surface area contributed by atoms with Crippen molar-refractivity contribution in [3.63, 3.8) is 0 Å². The van der Waals surface area contributed by atoms with Gasteiger partial charge in [0, 0.05) is 17.3 Å². The molecule has 2 heterocycles. The first-order valence-electron chi connectivity index (χ1n) is 12.5. The predicted octanol–water partition coefficient (Wildman–Crippen LogP) is 7.42. The molecular formula is C32H30FN2Si+. The Hall–Kier alpha value is -3.76. The van der Waals surface area contributed by atoms with E-state index in [9.17, 15) is 4.39 Å². The van der Waals surface area contributed by atoms with E-state index in [2.05, 4.69) is 109 Å². The molecule has 4 heteroatoms. The van der Waals surface area contributed by atoms with Crippen LogP contribution in [-0.2, 0) is 7.05 Å². The Morgan fingerprint density at radius 3 is 2.06 bits per heavy atom. The van der Waals surface area contributed by atoms with Crippen LogP contribution in [0.1, 0.15) is 5.56 Å². The molecule has 0 unspecified atom stereocenters. The van der Waals surface area contributed by atoms with Gasteiger partial charge in [-0.2, -0.15) is 4.57 Å². The third-order valence-electron chi connectivity index (χ3n) is 7.46. The number of hydrogen-bond donors (Lipinski definition) is 0. The third-order valence-corrected chi connectivity index (χ3v) is 9.49. The van der Waals surface area contributed by atoms with E-state index in [1.807, 2.05) is 12.1 Å². The van der Waals surface area contributed by atoms with Crippen LogP contribution in [0.3, 0.4) is 0 Å². The van der Waals surface area contributed by atoms with Crippen molar-refractivity contribution < 1.29 is 8.96 Å². The first-order valence-corrected chi connectivity index (χ1v) is 16.0. The standard InChI is InChI=1S/C32H30FN2Si/c1-21-24-10-6-7-11-25(24)31(36(3,4)5)20-27(21)28-18-19-30-32(34(28)2)26-12-8-9-13-29(26)35(30)23-16-14-22(33)15-17-23/h6-20H,1-5H3/q+1. The summed E-state index contributed by atoms with van der Waals surface area (Å²) in [5, 5.41) is 5.40. The van der Waals surface area contributed by atoms with Crippen molar-refractivity contribution in [2.24, 2.45) is 7.05 Å². The molecule has 178 valence electrons. The largest absolute Gasteiger partial charge is 0.304 e. The van der Waals surface area contributed by atoms with Crippen LogP contribution in [0.25, 0.3) is 49.7 Å². The molecule has 0 atom stereocenters. The van der Waals surface area contributed by atoms with E-state index in [0.717, 1.165) is 16.7 Å². The van der Waals surface area contributed by atoms with Crippen LogP contribution in [0.15, 0.2) is 91.0 Å². The van der Waals surface area contributed by atoms with E-state index < -0.39 is 8.07 Å². The predicted molar refractivity (Wildman–Crippen MR) is 153 cm³/mol. The van der Waals surface area contributed by atoms with Gasteiger partial charge in [-0.3, -0.25) is 0 Å². The molecule has 0 aliphatic rings. The summed E-state index contributed by atoms with van der Waals surface area (Å²) in [6.07, 6.45) is 0. The lowest BCUT2D eigenvalue weighted by molar-refractivity contribution is -0.632. The van der Waals surface area contributed by atoms with Crippen molar-refractivity contribution >= 4 is 46.0 Å². The Morgan fingerprint density at radius 1 is 0.722 bits per heavy atom. The third kappa shape index (κ3) is 3.40. The monoisotopic (exact) mass is 489 g/mol. The Labute approximate surface area is 212 Å². The fourth-order valence-electron chi connectivity index (χ4n) is 5.68. The Balaban J connectivity index is 1.70. The van der Waals surface area contributed by atoms with Crippen molar-refractivity contribution in [1.29, 1.82) is 0 Å². The van der Waals surface area contributed by atoms with Gasteiger partial charge >= 0.3 is 0 Å². The molecule has 0 bridgehead atoms. The number of halogens is 1. The molecule has 0 aliphatic heterocycles. The highest BCUT2D eigenvalue weighted by Gasteiger charge is 2.27. The average molecular weight is 490 g/mol. The molecule has 0 N–H and O–H groups in total. The van der Waals surface area contributed by atoms with Gasteiger partial charge in [0.25, 0.3) is 0 Å². The molecule has 0 saturated heterocycles. The van der Waals surface area contributed by atoms with E-state index in [1.165, 1.54) is 55.8 Å². The zero-order valence-corrected chi connectivity index (χ0v) is 22.4. The summed E-state index contributed by atoms with van der Waals surface area (Å²) in [5.41, 5.74) is 8.15. The normalized spacial score (nSPS) is 12.2. The minimum atomic E-state index is -1.59. The maximum Gasteiger partial charge on any atom is 0.239 e. The second kappa shape index (κ2) is 8.14. The quantitative estimate of drug-likeness (QED) is 0.181. The summed E-state index contributed by atoms with van der Waals surface area (Å²) in [4.78, 5) is 0. The summed E-state index contributed by atoms with van der Waals surface area (Å²) in [5.74, 6) is -0.225. The van der Waals surface area contributed by atoms with Crippen molar-refractivity contribution in [1.82, 2.24) is 4.57 Å². The number of nitrogens with zero attached hydrogens (tertiary/aromatic N) is 2. The molecule has 0 fully saturated rings. The molecule has 6 rings (SSSR count). The number of para-hydroxylation sites is 1. The maximum absolute atomic E-state index is 13.7. The first-order chi connectivity index (χ1) is 17.3. The highest BCUT2D eigenvalue weighted by molar-refractivity contribution is 6.90. The van der Waals surface area contributed by atoms with Crippen LogP contribution in [-0.4, -0.2) is 12.6 Å². The van der Waals surface area contributed by atoms with Crippen molar-refractivity contribution in [2.75, 3.05) is 0 Å². The fourth-order valence-corrected chi connectivity index (χ4v) is 7.29. The molecular weight excluding hydrogens is 459 g/mol. The first kappa shape index (κ1) is 22.7. The zero-order chi connectivity index (χ0) is 25.2. The van der Waals surface area contributed by atoms with Gasteiger partial charge in [-0.15, -0.1) is 0 Å². The molecule has 4 aromatic carbocycles. The fraction of sp³-hybridized carbons (Fsp3) is 0.156. The van der Waals surface area contributed by atoms with Gasteiger partial charge in [-0.1, -0.05) is 61.2 Å². The average Bonchev–Trinajstić information content (AvgIpc) is 3.20. The second-order valence-corrected chi connectivity index (χ2v) is 15.8. The minimum Gasteiger partial charge on any atom is -0.304 e. The highest BCUT2D eigenvalue weighted by atomic mass is 28.3. The maximum atomic E-state index is 13.7. The van der Waals surface area contributed by atoms with Crippen LogP contribution >= 0.6 is 0 Å². The SMILES string of the molecule is Cc1c(-c2ccc3c(c4ccccc4n3-c3ccc(F)cc3)[n+]2C)cc([Si](C)(C)C)c2ccccc12. The van der Waals surface area contributed by atoms with Gasteiger partial charge < -0.3 is 4.57 Å². The van der Waals surface area contributed by atoms with Crippen molar-refractivity contribution in [3.05, 3.63) is 102 Å². The number of pyridine rings is 1. The summed E-state index contributed by atoms with van der Waals surface area (Å²) < 4.78 is 18.3. The Bertz CT molecular complexity index is 1790. The number of aromatic nitrogens is 2. The highest BCUT2D eigenvalue weighted by Crippen LogP contribution is 2.34. The summed E-state index contributed by atoms with van der Waals surface area (Å²) in [6.45, 7) is 9.52. The molecule has 0 amide bonds. The molecule has 6 aromatic rings. The molecule has 2 nitrogen and oxygen atoms in total. The Kier molecular flexibility index (Phi) is 5.13. The van der Waals surface area contributed by atoms with Gasteiger partial charge in [0.15, 0.2) is 0 Å². The summed E-state index contributed by atoms with van der Waals surface area (Å²) >= 11 is 0. The van der Waals surface area contributed by atoms with Crippen molar-refractivity contribution in [3.8, 4) is 16.9 Å². The summed E-state index contributed by atoms with van der Waals surface area (Å²) in [6, 6.07) is 31.0. The lowest BCUT2D eigenvalue weighted by Crippen LogP contribution is -2.39. The van der Waals surface area contributed by atoms with Crippen molar-refractivity contribution in [2.45, 2.75) is 26.6 Å². The van der Waals surface area contributed by atoms with Gasteiger partial charge in [0.2, 0.25) is 11.2 Å².